The molecule has 4 nitrogen and oxygen atoms in total. The number of benzene rings is 2. The number of aromatic carboxylic acids is 1. The zero-order chi connectivity index (χ0) is 14.5. The van der Waals surface area contributed by atoms with Gasteiger partial charge in [0.2, 0.25) is 0 Å². The van der Waals surface area contributed by atoms with Crippen LogP contribution in [0.5, 0.6) is 5.75 Å². The molecular weight excluding hydrogens is 256 g/mol. The summed E-state index contributed by atoms with van der Waals surface area (Å²) < 4.78 is 5.60. The molecule has 104 valence electrons. The van der Waals surface area contributed by atoms with Crippen LogP contribution in [-0.2, 0) is 6.61 Å². The second-order valence-corrected chi connectivity index (χ2v) is 4.54. The van der Waals surface area contributed by atoms with E-state index in [1.165, 1.54) is 0 Å². The highest BCUT2D eigenvalue weighted by Crippen LogP contribution is 2.18. The molecule has 0 bridgehead atoms. The van der Waals surface area contributed by atoms with Gasteiger partial charge < -0.3 is 14.9 Å². The standard InChI is InChI=1S/C16H16O4/c1-11(17)13-6-8-15(9-7-13)20-10-12-2-4-14(5-3-12)16(18)19/h2-9,11,17H,10H2,1H3,(H,18,19)/t11-/m1/s1. The van der Waals surface area contributed by atoms with Gasteiger partial charge in [0.05, 0.1) is 11.7 Å². The van der Waals surface area contributed by atoms with Crippen molar-refractivity contribution in [3.8, 4) is 5.75 Å². The maximum Gasteiger partial charge on any atom is 0.335 e. The van der Waals surface area contributed by atoms with Crippen molar-refractivity contribution in [2.75, 3.05) is 0 Å². The first kappa shape index (κ1) is 14.1. The molecule has 0 saturated heterocycles. The summed E-state index contributed by atoms with van der Waals surface area (Å²) in [7, 11) is 0. The molecule has 2 aromatic carbocycles. The van der Waals surface area contributed by atoms with Crippen molar-refractivity contribution in [1.82, 2.24) is 0 Å². The van der Waals surface area contributed by atoms with E-state index < -0.39 is 12.1 Å². The first-order valence-corrected chi connectivity index (χ1v) is 6.29. The number of carboxylic acid groups (broad SMARTS) is 1. The van der Waals surface area contributed by atoms with Gasteiger partial charge in [-0.15, -0.1) is 0 Å². The van der Waals surface area contributed by atoms with Crippen LogP contribution in [0.2, 0.25) is 0 Å². The van der Waals surface area contributed by atoms with Crippen molar-refractivity contribution >= 4 is 5.97 Å². The molecule has 0 spiro atoms. The Morgan fingerprint density at radius 2 is 1.70 bits per heavy atom. The minimum Gasteiger partial charge on any atom is -0.489 e. The lowest BCUT2D eigenvalue weighted by Gasteiger charge is -2.08. The summed E-state index contributed by atoms with van der Waals surface area (Å²) in [6.45, 7) is 2.08. The number of ether oxygens (including phenoxy) is 1. The van der Waals surface area contributed by atoms with Crippen molar-refractivity contribution in [2.24, 2.45) is 0 Å². The van der Waals surface area contributed by atoms with Crippen molar-refractivity contribution < 1.29 is 19.7 Å². The van der Waals surface area contributed by atoms with Crippen LogP contribution in [0.4, 0.5) is 0 Å². The Kier molecular flexibility index (Phi) is 4.38. The van der Waals surface area contributed by atoms with E-state index in [2.05, 4.69) is 0 Å². The zero-order valence-corrected chi connectivity index (χ0v) is 11.1. The van der Waals surface area contributed by atoms with E-state index >= 15 is 0 Å². The molecule has 0 fully saturated rings. The Hall–Kier alpha value is -2.33. The van der Waals surface area contributed by atoms with E-state index in [0.717, 1.165) is 11.1 Å². The molecular formula is C16H16O4. The highest BCUT2D eigenvalue weighted by atomic mass is 16.5. The summed E-state index contributed by atoms with van der Waals surface area (Å²) >= 11 is 0. The highest BCUT2D eigenvalue weighted by molar-refractivity contribution is 5.87. The van der Waals surface area contributed by atoms with Gasteiger partial charge in [-0.2, -0.15) is 0 Å². The molecule has 2 rings (SSSR count). The SMILES string of the molecule is C[C@@H](O)c1ccc(OCc2ccc(C(=O)O)cc2)cc1. The molecule has 2 N–H and O–H groups in total. The van der Waals surface area contributed by atoms with Gasteiger partial charge in [-0.25, -0.2) is 4.79 Å². The van der Waals surface area contributed by atoms with Crippen molar-refractivity contribution in [3.63, 3.8) is 0 Å². The minimum absolute atomic E-state index is 0.259. The second-order valence-electron chi connectivity index (χ2n) is 4.54. The molecule has 0 aliphatic heterocycles. The predicted molar refractivity (Wildman–Crippen MR) is 74.8 cm³/mol. The summed E-state index contributed by atoms with van der Waals surface area (Å²) in [5, 5.41) is 18.2. The van der Waals surface area contributed by atoms with Crippen molar-refractivity contribution in [1.29, 1.82) is 0 Å². The lowest BCUT2D eigenvalue weighted by Crippen LogP contribution is -1.99. The summed E-state index contributed by atoms with van der Waals surface area (Å²) in [5.41, 5.74) is 1.99. The molecule has 4 heteroatoms. The smallest absolute Gasteiger partial charge is 0.335 e. The quantitative estimate of drug-likeness (QED) is 0.878. The van der Waals surface area contributed by atoms with Gasteiger partial charge >= 0.3 is 5.97 Å². The topological polar surface area (TPSA) is 66.8 Å². The van der Waals surface area contributed by atoms with Crippen LogP contribution in [0, 0.1) is 0 Å². The minimum atomic E-state index is -0.939. The van der Waals surface area contributed by atoms with Gasteiger partial charge in [-0.1, -0.05) is 24.3 Å². The number of rotatable bonds is 5. The molecule has 0 aromatic heterocycles. The molecule has 0 aliphatic rings. The van der Waals surface area contributed by atoms with Crippen LogP contribution < -0.4 is 4.74 Å². The van der Waals surface area contributed by atoms with Crippen molar-refractivity contribution in [2.45, 2.75) is 19.6 Å². The Morgan fingerprint density at radius 1 is 1.10 bits per heavy atom. The van der Waals surface area contributed by atoms with Crippen LogP contribution in [0.25, 0.3) is 0 Å². The molecule has 0 heterocycles. The van der Waals surface area contributed by atoms with Gasteiger partial charge in [0.25, 0.3) is 0 Å². The van der Waals surface area contributed by atoms with Crippen LogP contribution in [-0.4, -0.2) is 16.2 Å². The molecule has 0 amide bonds. The fourth-order valence-electron chi connectivity index (χ4n) is 1.75. The van der Waals surface area contributed by atoms with Gasteiger partial charge in [0.15, 0.2) is 0 Å². The number of carboxylic acids is 1. The fourth-order valence-corrected chi connectivity index (χ4v) is 1.75. The Bertz CT molecular complexity index is 570. The van der Waals surface area contributed by atoms with Crippen LogP contribution in [0.3, 0.4) is 0 Å². The molecule has 0 unspecified atom stereocenters. The maximum absolute atomic E-state index is 10.7. The largest absolute Gasteiger partial charge is 0.489 e. The van der Waals surface area contributed by atoms with Gasteiger partial charge in [0.1, 0.15) is 12.4 Å². The summed E-state index contributed by atoms with van der Waals surface area (Å²) in [6, 6.07) is 13.8. The molecule has 0 radical (unpaired) electrons. The third-order valence-electron chi connectivity index (χ3n) is 2.97. The van der Waals surface area contributed by atoms with Gasteiger partial charge in [-0.05, 0) is 42.3 Å². The molecule has 2 aromatic rings. The number of carbonyl (C=O) groups is 1. The Labute approximate surface area is 117 Å². The normalized spacial score (nSPS) is 11.9. The first-order chi connectivity index (χ1) is 9.56. The van der Waals surface area contributed by atoms with E-state index in [-0.39, 0.29) is 5.56 Å². The van der Waals surface area contributed by atoms with E-state index in [1.807, 2.05) is 12.1 Å². The lowest BCUT2D eigenvalue weighted by atomic mass is 10.1. The van der Waals surface area contributed by atoms with E-state index in [1.54, 1.807) is 43.3 Å². The van der Waals surface area contributed by atoms with E-state index in [0.29, 0.717) is 12.4 Å². The highest BCUT2D eigenvalue weighted by Gasteiger charge is 2.03. The second kappa shape index (κ2) is 6.21. The predicted octanol–water partition coefficient (Wildman–Crippen LogP) is 3.02. The monoisotopic (exact) mass is 272 g/mol. The number of hydrogen-bond donors (Lipinski definition) is 2. The third-order valence-corrected chi connectivity index (χ3v) is 2.97. The maximum atomic E-state index is 10.7. The number of hydrogen-bond acceptors (Lipinski definition) is 3. The van der Waals surface area contributed by atoms with Gasteiger partial charge in [-0.3, -0.25) is 0 Å². The zero-order valence-electron chi connectivity index (χ0n) is 11.1. The fraction of sp³-hybridized carbons (Fsp3) is 0.188. The van der Waals surface area contributed by atoms with E-state index in [4.69, 9.17) is 9.84 Å². The van der Waals surface area contributed by atoms with Crippen LogP contribution in [0.15, 0.2) is 48.5 Å². The average Bonchev–Trinajstić information content (AvgIpc) is 2.46. The lowest BCUT2D eigenvalue weighted by molar-refractivity contribution is 0.0697. The Balaban J connectivity index is 1.96. The first-order valence-electron chi connectivity index (χ1n) is 6.29. The molecule has 1 atom stereocenters. The van der Waals surface area contributed by atoms with Gasteiger partial charge in [0, 0.05) is 0 Å². The Morgan fingerprint density at radius 3 is 2.20 bits per heavy atom. The summed E-state index contributed by atoms with van der Waals surface area (Å²) in [5.74, 6) is -0.233. The molecule has 0 saturated carbocycles. The van der Waals surface area contributed by atoms with Crippen LogP contribution in [0.1, 0.15) is 34.5 Å². The number of aliphatic hydroxyl groups is 1. The van der Waals surface area contributed by atoms with Crippen LogP contribution >= 0.6 is 0 Å². The third kappa shape index (κ3) is 3.59. The van der Waals surface area contributed by atoms with E-state index in [9.17, 15) is 9.90 Å². The summed E-state index contributed by atoms with van der Waals surface area (Å²) in [6.07, 6.45) is -0.493. The average molecular weight is 272 g/mol. The van der Waals surface area contributed by atoms with Crippen molar-refractivity contribution in [3.05, 3.63) is 65.2 Å². The molecule has 20 heavy (non-hydrogen) atoms. The number of aliphatic hydroxyl groups excluding tert-OH is 1. The molecule has 0 aliphatic carbocycles. The summed E-state index contributed by atoms with van der Waals surface area (Å²) in [4.78, 5) is 10.7.